The topological polar surface area (TPSA) is 61.0 Å². The van der Waals surface area contributed by atoms with Gasteiger partial charge in [-0.2, -0.15) is 0 Å². The van der Waals surface area contributed by atoms with Crippen molar-refractivity contribution in [2.75, 3.05) is 12.4 Å². The van der Waals surface area contributed by atoms with Gasteiger partial charge >= 0.3 is 0 Å². The zero-order valence-electron chi connectivity index (χ0n) is 15.2. The van der Waals surface area contributed by atoms with Crippen molar-refractivity contribution >= 4 is 34.0 Å². The van der Waals surface area contributed by atoms with E-state index in [-0.39, 0.29) is 6.10 Å². The van der Waals surface area contributed by atoms with Crippen LogP contribution in [-0.2, 0) is 4.74 Å². The van der Waals surface area contributed by atoms with E-state index >= 15 is 0 Å². The van der Waals surface area contributed by atoms with Crippen LogP contribution < -0.4 is 0 Å². The summed E-state index contributed by atoms with van der Waals surface area (Å²) in [5.41, 5.74) is 2.76. The summed E-state index contributed by atoms with van der Waals surface area (Å²) >= 11 is 3.24. The van der Waals surface area contributed by atoms with Crippen molar-refractivity contribution in [2.24, 2.45) is 0 Å². The largest absolute Gasteiger partial charge is 0.411 e. The maximum Gasteiger partial charge on any atom is 0.276 e. The second-order valence-corrected chi connectivity index (χ2v) is 8.64. The second kappa shape index (κ2) is 8.03. The average molecular weight is 410 g/mol. The Balaban J connectivity index is 1.46. The molecule has 0 amide bonds. The summed E-state index contributed by atoms with van der Waals surface area (Å²) in [4.78, 5) is 5.93. The highest BCUT2D eigenvalue weighted by Gasteiger charge is 2.18. The van der Waals surface area contributed by atoms with Crippen LogP contribution in [0.25, 0.3) is 32.9 Å². The molecular weight excluding hydrogens is 390 g/mol. The van der Waals surface area contributed by atoms with Gasteiger partial charge in [0.25, 0.3) is 5.22 Å². The van der Waals surface area contributed by atoms with Crippen molar-refractivity contribution in [3.63, 3.8) is 0 Å². The van der Waals surface area contributed by atoms with Crippen molar-refractivity contribution in [3.8, 4) is 22.0 Å². The Morgan fingerprint density at radius 1 is 1.11 bits per heavy atom. The number of rotatable bonds is 5. The van der Waals surface area contributed by atoms with E-state index in [1.165, 1.54) is 6.42 Å². The van der Waals surface area contributed by atoms with Gasteiger partial charge in [-0.05, 0) is 42.8 Å². The van der Waals surface area contributed by atoms with Gasteiger partial charge in [-0.1, -0.05) is 36.0 Å². The highest BCUT2D eigenvalue weighted by molar-refractivity contribution is 7.99. The van der Waals surface area contributed by atoms with Crippen molar-refractivity contribution in [2.45, 2.75) is 30.6 Å². The molecule has 0 aliphatic carbocycles. The molecule has 1 atom stereocenters. The first-order chi connectivity index (χ1) is 13.9. The third kappa shape index (κ3) is 3.70. The van der Waals surface area contributed by atoms with Crippen molar-refractivity contribution in [1.29, 1.82) is 0 Å². The summed E-state index contributed by atoms with van der Waals surface area (Å²) in [6, 6.07) is 14.2. The van der Waals surface area contributed by atoms with E-state index in [0.717, 1.165) is 52.2 Å². The number of thioether (sulfide) groups is 1. The summed E-state index contributed by atoms with van der Waals surface area (Å²) < 4.78 is 11.8. The molecule has 28 heavy (non-hydrogen) atoms. The number of nitrogens with zero attached hydrogens (tertiary/aromatic N) is 3. The Morgan fingerprint density at radius 2 is 2.07 bits per heavy atom. The molecule has 0 radical (unpaired) electrons. The zero-order chi connectivity index (χ0) is 18.8. The van der Waals surface area contributed by atoms with E-state index in [2.05, 4.69) is 21.6 Å². The third-order valence-electron chi connectivity index (χ3n) is 4.79. The van der Waals surface area contributed by atoms with Gasteiger partial charge in [0.1, 0.15) is 0 Å². The standard InChI is InChI=1S/C21H19N3O2S2/c1-2-8-17-15(7-1)16(12-18(22-17)19-9-5-11-27-19)20-23-24-21(26-20)28-13-14-6-3-4-10-25-14/h1-2,5,7-9,11-12,14H,3-4,6,10,13H2/t14-/m0/s1. The van der Waals surface area contributed by atoms with Gasteiger partial charge in [0, 0.05) is 17.7 Å². The molecule has 1 fully saturated rings. The Morgan fingerprint density at radius 3 is 2.93 bits per heavy atom. The lowest BCUT2D eigenvalue weighted by Crippen LogP contribution is -2.21. The molecule has 5 rings (SSSR count). The molecule has 0 saturated carbocycles. The molecule has 0 spiro atoms. The fourth-order valence-corrected chi connectivity index (χ4v) is 4.90. The zero-order valence-corrected chi connectivity index (χ0v) is 16.8. The van der Waals surface area contributed by atoms with Gasteiger partial charge in [-0.3, -0.25) is 0 Å². The number of aromatic nitrogens is 3. The molecule has 0 N–H and O–H groups in total. The van der Waals surface area contributed by atoms with Crippen LogP contribution in [-0.4, -0.2) is 33.6 Å². The number of fused-ring (bicyclic) bond motifs is 1. The van der Waals surface area contributed by atoms with Crippen LogP contribution in [0.5, 0.6) is 0 Å². The Labute approximate surface area is 171 Å². The van der Waals surface area contributed by atoms with Crippen LogP contribution in [0.4, 0.5) is 0 Å². The minimum absolute atomic E-state index is 0.279. The Hall–Kier alpha value is -2.22. The lowest BCUT2D eigenvalue weighted by molar-refractivity contribution is 0.0314. The van der Waals surface area contributed by atoms with Gasteiger partial charge in [0.2, 0.25) is 5.89 Å². The maximum atomic E-state index is 6.00. The number of ether oxygens (including phenoxy) is 1. The molecule has 0 bridgehead atoms. The van der Waals surface area contributed by atoms with E-state index < -0.39 is 0 Å². The number of pyridine rings is 1. The van der Waals surface area contributed by atoms with Gasteiger partial charge in [-0.25, -0.2) is 4.98 Å². The Kier molecular flexibility index (Phi) is 5.12. The molecule has 0 unspecified atom stereocenters. The molecule has 7 heteroatoms. The minimum atomic E-state index is 0.279. The Bertz CT molecular complexity index is 1070. The number of hydrogen-bond donors (Lipinski definition) is 0. The highest BCUT2D eigenvalue weighted by Crippen LogP contribution is 2.34. The van der Waals surface area contributed by atoms with E-state index in [9.17, 15) is 0 Å². The third-order valence-corrected chi connectivity index (χ3v) is 6.64. The number of hydrogen-bond acceptors (Lipinski definition) is 7. The molecule has 3 aromatic heterocycles. The van der Waals surface area contributed by atoms with Crippen molar-refractivity contribution < 1.29 is 9.15 Å². The molecule has 1 aliphatic rings. The first-order valence-electron chi connectivity index (χ1n) is 9.39. The van der Waals surface area contributed by atoms with Crippen molar-refractivity contribution in [1.82, 2.24) is 15.2 Å². The molecule has 1 aliphatic heterocycles. The lowest BCUT2D eigenvalue weighted by atomic mass is 10.1. The summed E-state index contributed by atoms with van der Waals surface area (Å²) in [6.07, 6.45) is 3.77. The molecule has 4 heterocycles. The fraction of sp³-hybridized carbons (Fsp3) is 0.286. The monoisotopic (exact) mass is 409 g/mol. The molecule has 1 aromatic carbocycles. The first kappa shape index (κ1) is 17.8. The van der Waals surface area contributed by atoms with Crippen LogP contribution in [0.15, 0.2) is 57.5 Å². The van der Waals surface area contributed by atoms with E-state index in [4.69, 9.17) is 14.1 Å². The summed E-state index contributed by atoms with van der Waals surface area (Å²) in [6.45, 7) is 0.856. The summed E-state index contributed by atoms with van der Waals surface area (Å²) in [7, 11) is 0. The van der Waals surface area contributed by atoms with Crippen LogP contribution in [0.2, 0.25) is 0 Å². The highest BCUT2D eigenvalue weighted by atomic mass is 32.2. The molecule has 142 valence electrons. The number of para-hydroxylation sites is 1. The SMILES string of the molecule is c1csc(-c2cc(-c3nnc(SC[C@@H]4CCCCO4)o3)c3ccccc3n2)c1. The minimum Gasteiger partial charge on any atom is -0.411 e. The van der Waals surface area contributed by atoms with E-state index in [1.807, 2.05) is 36.4 Å². The summed E-state index contributed by atoms with van der Waals surface area (Å²) in [5, 5.41) is 12.2. The van der Waals surface area contributed by atoms with Crippen LogP contribution in [0, 0.1) is 0 Å². The molecule has 4 aromatic rings. The average Bonchev–Trinajstić information content (AvgIpc) is 3.44. The smallest absolute Gasteiger partial charge is 0.276 e. The predicted octanol–water partition coefficient (Wildman–Crippen LogP) is 5.67. The van der Waals surface area contributed by atoms with E-state index in [1.54, 1.807) is 23.1 Å². The summed E-state index contributed by atoms with van der Waals surface area (Å²) in [5.74, 6) is 1.38. The maximum absolute atomic E-state index is 6.00. The van der Waals surface area contributed by atoms with Crippen LogP contribution >= 0.6 is 23.1 Å². The van der Waals surface area contributed by atoms with Crippen molar-refractivity contribution in [3.05, 3.63) is 47.8 Å². The fourth-order valence-electron chi connectivity index (χ4n) is 3.38. The number of thiophene rings is 1. The number of benzene rings is 1. The van der Waals surface area contributed by atoms with Crippen LogP contribution in [0.1, 0.15) is 19.3 Å². The predicted molar refractivity (Wildman–Crippen MR) is 113 cm³/mol. The second-order valence-electron chi connectivity index (χ2n) is 6.72. The van der Waals surface area contributed by atoms with Gasteiger partial charge in [0.15, 0.2) is 0 Å². The quantitative estimate of drug-likeness (QED) is 0.396. The van der Waals surface area contributed by atoms with Gasteiger partial charge < -0.3 is 9.15 Å². The normalized spacial score (nSPS) is 17.2. The van der Waals surface area contributed by atoms with E-state index in [0.29, 0.717) is 11.1 Å². The molecule has 1 saturated heterocycles. The molecule has 5 nitrogen and oxygen atoms in total. The first-order valence-corrected chi connectivity index (χ1v) is 11.3. The lowest BCUT2D eigenvalue weighted by Gasteiger charge is -2.21. The van der Waals surface area contributed by atoms with Crippen LogP contribution in [0.3, 0.4) is 0 Å². The van der Waals surface area contributed by atoms with Gasteiger partial charge in [-0.15, -0.1) is 21.5 Å². The van der Waals surface area contributed by atoms with Gasteiger partial charge in [0.05, 0.1) is 27.8 Å². The molecular formula is C21H19N3O2S2.